The molecule has 0 amide bonds. The average molecular weight is 201 g/mol. The Morgan fingerprint density at radius 3 is 1.43 bits per heavy atom. The minimum atomic E-state index is 0. The Bertz CT molecular complexity index is 126. The van der Waals surface area contributed by atoms with Crippen LogP contribution >= 0.6 is 0 Å². The minimum Gasteiger partial charge on any atom is -0.870 e. The van der Waals surface area contributed by atoms with Crippen molar-refractivity contribution in [1.82, 2.24) is 0 Å². The third kappa shape index (κ3) is 5.40. The zero-order valence-electron chi connectivity index (χ0n) is 10.3. The lowest BCUT2D eigenvalue weighted by molar-refractivity contribution is -0.879. The van der Waals surface area contributed by atoms with E-state index in [0.717, 1.165) is 0 Å². The van der Waals surface area contributed by atoms with E-state index in [4.69, 9.17) is 0 Å². The van der Waals surface area contributed by atoms with Crippen molar-refractivity contribution in [2.45, 2.75) is 47.0 Å². The van der Waals surface area contributed by atoms with Crippen LogP contribution in [-0.4, -0.2) is 29.6 Å². The van der Waals surface area contributed by atoms with Gasteiger partial charge < -0.3 is 5.48 Å². The van der Waals surface area contributed by atoms with Gasteiger partial charge in [0.1, 0.15) is 0 Å². The van der Waals surface area contributed by atoms with Crippen molar-refractivity contribution in [3.05, 3.63) is 12.3 Å². The molecule has 0 unspecified atom stereocenters. The molecule has 14 heavy (non-hydrogen) atoms. The maximum absolute atomic E-state index is 2.39. The summed E-state index contributed by atoms with van der Waals surface area (Å²) in [6.45, 7) is 12.9. The topological polar surface area (TPSA) is 30.0 Å². The second kappa shape index (κ2) is 9.22. The van der Waals surface area contributed by atoms with Gasteiger partial charge in [0.05, 0.1) is 25.8 Å². The predicted octanol–water partition coefficient (Wildman–Crippen LogP) is 3.39. The van der Waals surface area contributed by atoms with Crippen LogP contribution in [0.2, 0.25) is 0 Å². The van der Waals surface area contributed by atoms with Crippen molar-refractivity contribution in [2.75, 3.05) is 19.6 Å². The van der Waals surface area contributed by atoms with E-state index in [1.807, 2.05) is 0 Å². The number of rotatable bonds is 7. The monoisotopic (exact) mass is 201 g/mol. The largest absolute Gasteiger partial charge is 0.870 e. The first-order chi connectivity index (χ1) is 6.24. The first kappa shape index (κ1) is 16.1. The number of nitrogens with zero attached hydrogens (tertiary/aromatic N) is 1. The van der Waals surface area contributed by atoms with E-state index in [-0.39, 0.29) is 5.48 Å². The second-order valence-corrected chi connectivity index (χ2v) is 3.87. The van der Waals surface area contributed by atoms with Crippen LogP contribution in [0.1, 0.15) is 47.0 Å². The van der Waals surface area contributed by atoms with Crippen LogP contribution < -0.4 is 0 Å². The van der Waals surface area contributed by atoms with Crippen LogP contribution in [-0.2, 0) is 0 Å². The van der Waals surface area contributed by atoms with Gasteiger partial charge in [-0.1, -0.05) is 20.8 Å². The summed E-state index contributed by atoms with van der Waals surface area (Å²) in [6.07, 6.45) is 8.44. The van der Waals surface area contributed by atoms with E-state index in [2.05, 4.69) is 40.0 Å². The standard InChI is InChI=1S/C12H26N.H2O/c1-5-9-13(10-6-2,11-7-3)12-8-4;/h5,9H,6-8,10-12H2,1-4H3;1H2/q+1;/p-1/b9-5+;. The van der Waals surface area contributed by atoms with E-state index >= 15 is 0 Å². The molecule has 0 atom stereocenters. The van der Waals surface area contributed by atoms with Gasteiger partial charge in [-0.25, -0.2) is 0 Å². The summed E-state index contributed by atoms with van der Waals surface area (Å²) in [5, 5.41) is 0. The Kier molecular flexibility index (Phi) is 10.6. The second-order valence-electron chi connectivity index (χ2n) is 3.87. The summed E-state index contributed by atoms with van der Waals surface area (Å²) in [7, 11) is 0. The Morgan fingerprint density at radius 1 is 0.857 bits per heavy atom. The first-order valence-corrected chi connectivity index (χ1v) is 5.74. The quantitative estimate of drug-likeness (QED) is 0.581. The van der Waals surface area contributed by atoms with Gasteiger partial charge in [0, 0.05) is 0 Å². The Hall–Kier alpha value is -0.340. The molecule has 0 aliphatic heterocycles. The molecule has 2 nitrogen and oxygen atoms in total. The molecule has 0 radical (unpaired) electrons. The molecule has 0 aromatic rings. The molecular weight excluding hydrogens is 174 g/mol. The lowest BCUT2D eigenvalue weighted by Crippen LogP contribution is -2.44. The Morgan fingerprint density at radius 2 is 1.21 bits per heavy atom. The number of hydrogen-bond acceptors (Lipinski definition) is 1. The smallest absolute Gasteiger partial charge is 0.0915 e. The van der Waals surface area contributed by atoms with Crippen LogP contribution in [0.15, 0.2) is 12.3 Å². The first-order valence-electron chi connectivity index (χ1n) is 5.74. The molecule has 0 heterocycles. The van der Waals surface area contributed by atoms with Gasteiger partial charge in [-0.2, -0.15) is 0 Å². The highest BCUT2D eigenvalue weighted by atomic mass is 16.0. The van der Waals surface area contributed by atoms with Crippen LogP contribution in [0.4, 0.5) is 0 Å². The molecule has 0 aromatic heterocycles. The van der Waals surface area contributed by atoms with E-state index < -0.39 is 0 Å². The maximum Gasteiger partial charge on any atom is 0.0915 e. The van der Waals surface area contributed by atoms with Crippen molar-refractivity contribution in [1.29, 1.82) is 0 Å². The summed E-state index contributed by atoms with van der Waals surface area (Å²) in [6, 6.07) is 0. The molecule has 86 valence electrons. The molecule has 0 spiro atoms. The molecule has 0 saturated heterocycles. The van der Waals surface area contributed by atoms with E-state index in [1.165, 1.54) is 43.4 Å². The third-order valence-electron chi connectivity index (χ3n) is 2.47. The molecule has 0 aromatic carbocycles. The summed E-state index contributed by atoms with van der Waals surface area (Å²) < 4.78 is 1.19. The predicted molar refractivity (Wildman–Crippen MR) is 62.5 cm³/mol. The molecule has 0 aliphatic carbocycles. The molecule has 0 bridgehead atoms. The van der Waals surface area contributed by atoms with Gasteiger partial charge in [0.2, 0.25) is 0 Å². The van der Waals surface area contributed by atoms with Gasteiger partial charge in [-0.3, -0.25) is 4.48 Å². The SMILES string of the molecule is C/C=C/[N+](CCC)(CCC)CCC.[OH-]. The van der Waals surface area contributed by atoms with Crippen LogP contribution in [0.3, 0.4) is 0 Å². The highest BCUT2D eigenvalue weighted by Gasteiger charge is 2.20. The molecule has 0 saturated carbocycles. The highest BCUT2D eigenvalue weighted by Crippen LogP contribution is 2.12. The fourth-order valence-corrected chi connectivity index (χ4v) is 2.21. The van der Waals surface area contributed by atoms with Crippen molar-refractivity contribution in [3.8, 4) is 0 Å². The molecular formula is C12H27NO. The summed E-state index contributed by atoms with van der Waals surface area (Å²) in [4.78, 5) is 0. The van der Waals surface area contributed by atoms with Crippen LogP contribution in [0.25, 0.3) is 0 Å². The average Bonchev–Trinajstić information content (AvgIpc) is 2.06. The van der Waals surface area contributed by atoms with Crippen molar-refractivity contribution in [2.24, 2.45) is 0 Å². The maximum atomic E-state index is 2.39. The fourth-order valence-electron chi connectivity index (χ4n) is 2.21. The zero-order valence-corrected chi connectivity index (χ0v) is 10.3. The molecule has 1 N–H and O–H groups in total. The van der Waals surface area contributed by atoms with Crippen LogP contribution in [0, 0.1) is 0 Å². The lowest BCUT2D eigenvalue weighted by atomic mass is 10.2. The van der Waals surface area contributed by atoms with E-state index in [9.17, 15) is 0 Å². The summed E-state index contributed by atoms with van der Waals surface area (Å²) in [5.41, 5.74) is 0. The number of allylic oxidation sites excluding steroid dienone is 1. The van der Waals surface area contributed by atoms with Gasteiger partial charge in [-0.05, 0) is 32.3 Å². The molecule has 0 fully saturated rings. The molecule has 0 rings (SSSR count). The highest BCUT2D eigenvalue weighted by molar-refractivity contribution is 4.68. The van der Waals surface area contributed by atoms with Gasteiger partial charge in [0.15, 0.2) is 0 Å². The Labute approximate surface area is 89.5 Å². The minimum absolute atomic E-state index is 0. The van der Waals surface area contributed by atoms with Gasteiger partial charge >= 0.3 is 0 Å². The van der Waals surface area contributed by atoms with Crippen LogP contribution in [0.5, 0.6) is 0 Å². The third-order valence-corrected chi connectivity index (χ3v) is 2.47. The number of hydrogen-bond donors (Lipinski definition) is 0. The molecule has 2 heteroatoms. The summed E-state index contributed by atoms with van der Waals surface area (Å²) >= 11 is 0. The van der Waals surface area contributed by atoms with E-state index in [0.29, 0.717) is 0 Å². The Balaban J connectivity index is 0. The summed E-state index contributed by atoms with van der Waals surface area (Å²) in [5.74, 6) is 0. The van der Waals surface area contributed by atoms with Gasteiger partial charge in [0.25, 0.3) is 0 Å². The number of quaternary nitrogens is 1. The van der Waals surface area contributed by atoms with E-state index in [1.54, 1.807) is 0 Å². The fraction of sp³-hybridized carbons (Fsp3) is 0.833. The van der Waals surface area contributed by atoms with Gasteiger partial charge in [-0.15, -0.1) is 0 Å². The van der Waals surface area contributed by atoms with Crippen molar-refractivity contribution < 1.29 is 9.96 Å². The van der Waals surface area contributed by atoms with Crippen molar-refractivity contribution in [3.63, 3.8) is 0 Å². The zero-order chi connectivity index (χ0) is 10.2. The molecule has 0 aliphatic rings. The van der Waals surface area contributed by atoms with Crippen molar-refractivity contribution >= 4 is 0 Å². The normalized spacial score (nSPS) is 11.7. The lowest BCUT2D eigenvalue weighted by Gasteiger charge is -2.34.